The van der Waals surface area contributed by atoms with Gasteiger partial charge >= 0.3 is 5.97 Å². The molecule has 6 aliphatic heterocycles. The largest absolute Gasteiger partial charge is 0.458 e. The Morgan fingerprint density at radius 1 is 0.573 bits per heavy atom. The summed E-state index contributed by atoms with van der Waals surface area (Å²) >= 11 is 0. The van der Waals surface area contributed by atoms with Gasteiger partial charge < -0.3 is 126 Å². The number of fused-ring (bicyclic) bond motifs is 5. The van der Waals surface area contributed by atoms with Crippen LogP contribution in [0.25, 0.3) is 0 Å². The van der Waals surface area contributed by atoms with Crippen molar-refractivity contribution >= 4 is 11.8 Å². The van der Waals surface area contributed by atoms with Gasteiger partial charge in [-0.3, -0.25) is 4.79 Å². The van der Waals surface area contributed by atoms with E-state index in [1.807, 2.05) is 48.5 Å². The molecule has 28 heteroatoms. The van der Waals surface area contributed by atoms with Crippen LogP contribution in [0.3, 0.4) is 0 Å². The third-order valence-electron chi connectivity index (χ3n) is 23.6. The quantitative estimate of drug-likeness (QED) is 0.0423. The van der Waals surface area contributed by atoms with Crippen LogP contribution < -0.4 is 0 Å². The number of carbonyl (C=O) groups excluding carboxylic acids is 2. The highest BCUT2D eigenvalue weighted by molar-refractivity contribution is 5.83. The lowest BCUT2D eigenvalue weighted by Gasteiger charge is -2.66. The van der Waals surface area contributed by atoms with Crippen LogP contribution in [0, 0.1) is 28.6 Å². The van der Waals surface area contributed by atoms with Gasteiger partial charge in [0.2, 0.25) is 0 Å². The average molecular weight is 1380 g/mol. The van der Waals surface area contributed by atoms with Crippen LogP contribution in [0.5, 0.6) is 0 Å². The molecule has 6 saturated heterocycles. The van der Waals surface area contributed by atoms with Gasteiger partial charge in [-0.25, -0.2) is 4.79 Å². The van der Waals surface area contributed by atoms with Crippen molar-refractivity contribution in [2.45, 2.75) is 323 Å². The molecule has 0 aromatic carbocycles. The highest BCUT2D eigenvalue weighted by Crippen LogP contribution is 2.70. The number of carbonyl (C=O) groups is 2. The van der Waals surface area contributed by atoms with Gasteiger partial charge in [-0.1, -0.05) is 44.9 Å². The molecular formula is C68H110O28. The van der Waals surface area contributed by atoms with Crippen LogP contribution in [0.15, 0.2) is 23.3 Å². The van der Waals surface area contributed by atoms with Gasteiger partial charge in [-0.05, 0) is 97.8 Å². The molecule has 6 heterocycles. The van der Waals surface area contributed by atoms with Crippen LogP contribution in [-0.4, -0.2) is 283 Å². The molecule has 4 aliphatic carbocycles. The van der Waals surface area contributed by atoms with Gasteiger partial charge in [0, 0.05) is 77.4 Å². The zero-order valence-corrected chi connectivity index (χ0v) is 58.0. The molecule has 0 aromatic rings. The maximum atomic E-state index is 13.6. The second kappa shape index (κ2) is 30.9. The van der Waals surface area contributed by atoms with E-state index >= 15 is 0 Å². The van der Waals surface area contributed by atoms with Crippen LogP contribution in [0.1, 0.15) is 140 Å². The Morgan fingerprint density at radius 3 is 1.48 bits per heavy atom. The smallest absolute Gasteiger partial charge is 0.330 e. The maximum Gasteiger partial charge on any atom is 0.330 e. The molecule has 34 atom stereocenters. The molecule has 0 aromatic heterocycles. The van der Waals surface area contributed by atoms with E-state index in [4.69, 9.17) is 80.5 Å². The number of esters is 1. The summed E-state index contributed by atoms with van der Waals surface area (Å²) in [7, 11) is 6.29. The molecule has 0 amide bonds. The Kier molecular flexibility index (Phi) is 24.5. The standard InChI is InChI=1S/C68H110O28/c1-30(2)31(3)21-48(72)91-47-27-46-65(9)18-16-38(22-37(65)15-19-67(46,78)68(79)20-17-39(32(4)71)66(47,68)10)88-49-23-40(80-11)58(33(5)84-49)92-50-24-41(81-12)59(34(6)85-50)93-51-25-42(82-13)60(35(7)86-51)94-52-26-43(83-14)61(36(8)87-52)95-64-57(77)55(75)62(45(29-70)90-64)96-63-56(76)54(74)53(73)44(28-69)89-63/h15,21,30,33-36,38-47,49-64,69-70,73-79H,16-20,22-29H2,1-14H3/b31-21+/t33-,34-,35-,36-,38-,39-,40-,41-,42-,43-,44+,45+,46-,47-,49+,50+,51+,52+,53+,54-,55+,56+,57+,58-,59-,60-,61-,62+,63-,64-,65+,66+,67-,68+/m1/s1. The third-order valence-corrected chi connectivity index (χ3v) is 23.6. The molecule has 0 radical (unpaired) electrons. The molecule has 0 bridgehead atoms. The van der Waals surface area contributed by atoms with Crippen molar-refractivity contribution in [3.05, 3.63) is 23.3 Å². The monoisotopic (exact) mass is 1370 g/mol. The minimum Gasteiger partial charge on any atom is -0.458 e. The SMILES string of the molecule is CO[C@@H]1C[C@H](O[C@@H]2CC[C@@]3(C)C(=CC[C@@]4(O)[C@@H]3C[C@@H](OC(=O)/C=C(\C)C(C)C)[C@]3(C)[C@@H](C(C)=O)CC[C@]34O)C2)O[C@H](C)[C@H]1O[C@H]1C[C@@H](OC)[C@H](O[C@H]2C[C@@H](OC)[C@H](O[C@H]3C[C@@H](OC)[C@H](O[C@H]4O[C@@H](CO)[C@H](O[C@H]5O[C@@H](CO)[C@H](O)[C@@H](O)[C@@H]5O)[C@@H](O)[C@@H]4O)[C@@H](C)O3)[C@@H](C)O2)[C@@H](C)O1. The Bertz CT molecular complexity index is 2670. The van der Waals surface area contributed by atoms with E-state index < -0.39 is 219 Å². The first kappa shape index (κ1) is 76.3. The van der Waals surface area contributed by atoms with Crippen molar-refractivity contribution in [2.24, 2.45) is 28.6 Å². The molecule has 0 spiro atoms. The Morgan fingerprint density at radius 2 is 1.02 bits per heavy atom. The Labute approximate surface area is 562 Å². The van der Waals surface area contributed by atoms with Crippen molar-refractivity contribution in [2.75, 3.05) is 41.7 Å². The predicted octanol–water partition coefficient (Wildman–Crippen LogP) is 1.66. The summed E-state index contributed by atoms with van der Waals surface area (Å²) in [6.45, 7) is 17.3. The number of methoxy groups -OCH3 is 4. The van der Waals surface area contributed by atoms with E-state index in [1.165, 1.54) is 20.1 Å². The number of hydrogen-bond donors (Lipinski definition) is 9. The molecule has 10 rings (SSSR count). The first-order chi connectivity index (χ1) is 45.4. The van der Waals surface area contributed by atoms with E-state index in [0.29, 0.717) is 44.9 Å². The van der Waals surface area contributed by atoms with E-state index in [-0.39, 0.29) is 43.5 Å². The Balaban J connectivity index is 0.701. The van der Waals surface area contributed by atoms with E-state index in [9.17, 15) is 55.5 Å². The zero-order chi connectivity index (χ0) is 69.8. The van der Waals surface area contributed by atoms with Crippen LogP contribution in [0.4, 0.5) is 0 Å². The van der Waals surface area contributed by atoms with Crippen molar-refractivity contribution in [1.29, 1.82) is 0 Å². The minimum absolute atomic E-state index is 0.0940. The summed E-state index contributed by atoms with van der Waals surface area (Å²) in [6, 6.07) is 0. The normalized spacial score (nSPS) is 50.1. The van der Waals surface area contributed by atoms with Crippen molar-refractivity contribution in [3.8, 4) is 0 Å². The van der Waals surface area contributed by atoms with Crippen molar-refractivity contribution < 1.29 is 136 Å². The molecule has 96 heavy (non-hydrogen) atoms. The van der Waals surface area contributed by atoms with Crippen LogP contribution >= 0.6 is 0 Å². The molecule has 28 nitrogen and oxygen atoms in total. The summed E-state index contributed by atoms with van der Waals surface area (Å²) in [6.07, 6.45) is -19.8. The molecule has 550 valence electrons. The van der Waals surface area contributed by atoms with Gasteiger partial charge in [-0.15, -0.1) is 0 Å². The van der Waals surface area contributed by atoms with Crippen LogP contribution in [-0.2, 0) is 90.1 Å². The second-order valence-electron chi connectivity index (χ2n) is 29.4. The van der Waals surface area contributed by atoms with E-state index in [0.717, 1.165) is 11.1 Å². The number of ether oxygens (including phenoxy) is 17. The van der Waals surface area contributed by atoms with Crippen LogP contribution in [0.2, 0.25) is 0 Å². The molecule has 3 saturated carbocycles. The van der Waals surface area contributed by atoms with Gasteiger partial charge in [0.15, 0.2) is 37.7 Å². The summed E-state index contributed by atoms with van der Waals surface area (Å²) in [5, 5.41) is 99.5. The lowest BCUT2D eigenvalue weighted by Crippen LogP contribution is -2.75. The molecule has 9 N–H and O–H groups in total. The first-order valence-electron chi connectivity index (χ1n) is 34.5. The lowest BCUT2D eigenvalue weighted by atomic mass is 9.43. The van der Waals surface area contributed by atoms with E-state index in [2.05, 4.69) is 13.0 Å². The second-order valence-corrected chi connectivity index (χ2v) is 29.4. The number of Topliss-reactive ketones (excluding diaryl/α,β-unsaturated/α-hetero) is 1. The maximum absolute atomic E-state index is 13.6. The highest BCUT2D eigenvalue weighted by Gasteiger charge is 2.77. The fraction of sp³-hybridized carbons (Fsp3) is 0.912. The number of ketones is 1. The third kappa shape index (κ3) is 14.5. The predicted molar refractivity (Wildman–Crippen MR) is 332 cm³/mol. The molecular weight excluding hydrogens is 1260 g/mol. The first-order valence-corrected chi connectivity index (χ1v) is 34.5. The highest BCUT2D eigenvalue weighted by atomic mass is 16.8. The van der Waals surface area contributed by atoms with E-state index in [1.54, 1.807) is 28.3 Å². The van der Waals surface area contributed by atoms with Crippen molar-refractivity contribution in [3.63, 3.8) is 0 Å². The lowest BCUT2D eigenvalue weighted by molar-refractivity contribution is -0.376. The topological polar surface area (TPSA) is 373 Å². The number of aliphatic hydroxyl groups is 9. The zero-order valence-electron chi connectivity index (χ0n) is 58.0. The van der Waals surface area contributed by atoms with Gasteiger partial charge in [-0.2, -0.15) is 0 Å². The fourth-order valence-electron chi connectivity index (χ4n) is 17.7. The average Bonchev–Trinajstić information content (AvgIpc) is 1.34. The summed E-state index contributed by atoms with van der Waals surface area (Å²) in [5.74, 6) is -1.55. The van der Waals surface area contributed by atoms with Gasteiger partial charge in [0.05, 0.1) is 68.1 Å². The summed E-state index contributed by atoms with van der Waals surface area (Å²) < 4.78 is 106. The fourth-order valence-corrected chi connectivity index (χ4v) is 17.7. The van der Waals surface area contributed by atoms with Gasteiger partial charge in [0.25, 0.3) is 0 Å². The number of aliphatic hydroxyl groups excluding tert-OH is 7. The molecule has 0 unspecified atom stereocenters. The summed E-state index contributed by atoms with van der Waals surface area (Å²) in [5.41, 5.74) is -3.06. The summed E-state index contributed by atoms with van der Waals surface area (Å²) in [4.78, 5) is 26.9. The number of allylic oxidation sites excluding steroid dienone is 1. The molecule has 10 aliphatic rings. The Hall–Kier alpha value is -2.38. The number of rotatable bonds is 22. The van der Waals surface area contributed by atoms with Crippen molar-refractivity contribution in [1.82, 2.24) is 0 Å². The molecule has 9 fully saturated rings. The van der Waals surface area contributed by atoms with Gasteiger partial charge in [0.1, 0.15) is 96.3 Å². The minimum atomic E-state index is -1.82. The number of hydrogen-bond acceptors (Lipinski definition) is 28.